The van der Waals surface area contributed by atoms with Gasteiger partial charge in [-0.2, -0.15) is 0 Å². The average Bonchev–Trinajstić information content (AvgIpc) is 2.39. The van der Waals surface area contributed by atoms with Crippen LogP contribution in [0.5, 0.6) is 0 Å². The van der Waals surface area contributed by atoms with Crippen molar-refractivity contribution in [2.24, 2.45) is 0 Å². The molecule has 2 nitrogen and oxygen atoms in total. The lowest BCUT2D eigenvalue weighted by Gasteiger charge is -2.14. The molecule has 0 saturated heterocycles. The van der Waals surface area contributed by atoms with Crippen molar-refractivity contribution in [3.8, 4) is 11.1 Å². The Morgan fingerprint density at radius 1 is 1.09 bits per heavy atom. The van der Waals surface area contributed by atoms with Gasteiger partial charge in [-0.3, -0.25) is 4.79 Å². The van der Waals surface area contributed by atoms with E-state index in [4.69, 9.17) is 16.7 Å². The molecule has 0 aliphatic rings. The molecule has 4 heteroatoms. The molecule has 1 N–H and O–H groups in total. The van der Waals surface area contributed by atoms with Crippen LogP contribution in [0.3, 0.4) is 0 Å². The first-order valence-corrected chi connectivity index (χ1v) is 7.45. The zero-order chi connectivity index (χ0) is 16.4. The lowest BCUT2D eigenvalue weighted by Crippen LogP contribution is -2.02. The van der Waals surface area contributed by atoms with E-state index < -0.39 is 5.97 Å². The summed E-state index contributed by atoms with van der Waals surface area (Å²) in [6, 6.07) is 7.29. The average molecular weight is 321 g/mol. The number of rotatable bonds is 4. The van der Waals surface area contributed by atoms with Gasteiger partial charge in [-0.25, -0.2) is 4.39 Å². The smallest absolute Gasteiger partial charge is 0.303 e. The second-order valence-electron chi connectivity index (χ2n) is 5.57. The summed E-state index contributed by atoms with van der Waals surface area (Å²) >= 11 is 6.06. The van der Waals surface area contributed by atoms with Gasteiger partial charge in [0.2, 0.25) is 0 Å². The Kier molecular flexibility index (Phi) is 4.87. The first-order chi connectivity index (χ1) is 10.3. The van der Waals surface area contributed by atoms with E-state index in [9.17, 15) is 9.18 Å². The summed E-state index contributed by atoms with van der Waals surface area (Å²) in [5.74, 6) is -1.25. The number of hydrogen-bond donors (Lipinski definition) is 1. The zero-order valence-corrected chi connectivity index (χ0v) is 13.6. The Balaban J connectivity index is 2.55. The number of carboxylic acid groups (broad SMARTS) is 1. The fourth-order valence-electron chi connectivity index (χ4n) is 2.78. The highest BCUT2D eigenvalue weighted by atomic mass is 35.5. The van der Waals surface area contributed by atoms with Crippen molar-refractivity contribution in [3.63, 3.8) is 0 Å². The topological polar surface area (TPSA) is 37.3 Å². The number of halogens is 2. The van der Waals surface area contributed by atoms with E-state index in [1.807, 2.05) is 26.0 Å². The van der Waals surface area contributed by atoms with Crippen molar-refractivity contribution in [2.75, 3.05) is 0 Å². The van der Waals surface area contributed by atoms with Gasteiger partial charge in [0.15, 0.2) is 0 Å². The molecule has 0 unspecified atom stereocenters. The number of aliphatic carboxylic acids is 1. The molecule has 0 heterocycles. The van der Waals surface area contributed by atoms with Crippen LogP contribution >= 0.6 is 11.6 Å². The van der Waals surface area contributed by atoms with Crippen LogP contribution in [-0.2, 0) is 11.2 Å². The van der Waals surface area contributed by atoms with Gasteiger partial charge in [0, 0.05) is 11.4 Å². The minimum Gasteiger partial charge on any atom is -0.481 e. The molecule has 0 spiro atoms. The number of hydrogen-bond acceptors (Lipinski definition) is 1. The highest BCUT2D eigenvalue weighted by Crippen LogP contribution is 2.32. The van der Waals surface area contributed by atoms with Gasteiger partial charge >= 0.3 is 5.97 Å². The van der Waals surface area contributed by atoms with Crippen molar-refractivity contribution in [1.29, 1.82) is 0 Å². The van der Waals surface area contributed by atoms with Crippen LogP contribution in [0.1, 0.15) is 28.7 Å². The summed E-state index contributed by atoms with van der Waals surface area (Å²) < 4.78 is 14.2. The maximum absolute atomic E-state index is 14.2. The molecule has 0 bridgehead atoms. The minimum absolute atomic E-state index is 0.0849. The SMILES string of the molecule is Cc1cc(-c2c(C)cc(Cl)cc2C)cc(CCC(=O)O)c1F. The summed E-state index contributed by atoms with van der Waals surface area (Å²) in [6.07, 6.45) is 0.0971. The van der Waals surface area contributed by atoms with Crippen molar-refractivity contribution in [3.05, 3.63) is 57.4 Å². The van der Waals surface area contributed by atoms with Crippen LogP contribution in [0.25, 0.3) is 11.1 Å². The molecule has 0 aliphatic heterocycles. The normalized spacial score (nSPS) is 10.8. The fraction of sp³-hybridized carbons (Fsp3) is 0.278. The van der Waals surface area contributed by atoms with Crippen LogP contribution in [0, 0.1) is 26.6 Å². The molecule has 0 fully saturated rings. The number of carbonyl (C=O) groups is 1. The lowest BCUT2D eigenvalue weighted by atomic mass is 9.92. The Morgan fingerprint density at radius 3 is 2.23 bits per heavy atom. The zero-order valence-electron chi connectivity index (χ0n) is 12.8. The van der Waals surface area contributed by atoms with E-state index in [1.165, 1.54) is 0 Å². The Labute approximate surface area is 134 Å². The molecule has 0 aliphatic carbocycles. The van der Waals surface area contributed by atoms with Crippen molar-refractivity contribution < 1.29 is 14.3 Å². The second-order valence-corrected chi connectivity index (χ2v) is 6.01. The predicted octanol–water partition coefficient (Wildman–Crippen LogP) is 5.09. The van der Waals surface area contributed by atoms with E-state index in [0.29, 0.717) is 16.1 Å². The van der Waals surface area contributed by atoms with Gasteiger partial charge in [-0.15, -0.1) is 0 Å². The molecule has 2 rings (SSSR count). The van der Waals surface area contributed by atoms with Crippen LogP contribution in [0.2, 0.25) is 5.02 Å². The first kappa shape index (κ1) is 16.5. The fourth-order valence-corrected chi connectivity index (χ4v) is 3.10. The molecule has 0 amide bonds. The second kappa shape index (κ2) is 6.49. The highest BCUT2D eigenvalue weighted by Gasteiger charge is 2.13. The summed E-state index contributed by atoms with van der Waals surface area (Å²) in [5, 5.41) is 9.47. The Hall–Kier alpha value is -1.87. The molecular formula is C18H18ClFO2. The van der Waals surface area contributed by atoms with Gasteiger partial charge in [-0.05, 0) is 84.8 Å². The Bertz CT molecular complexity index is 715. The number of aryl methyl sites for hydroxylation is 4. The molecule has 0 aromatic heterocycles. The van der Waals surface area contributed by atoms with Crippen molar-refractivity contribution >= 4 is 17.6 Å². The minimum atomic E-state index is -0.929. The number of benzene rings is 2. The summed E-state index contributed by atoms with van der Waals surface area (Å²) in [7, 11) is 0. The molecule has 116 valence electrons. The van der Waals surface area contributed by atoms with E-state index in [-0.39, 0.29) is 18.7 Å². The number of carboxylic acids is 1. The largest absolute Gasteiger partial charge is 0.481 e. The van der Waals surface area contributed by atoms with Gasteiger partial charge in [-0.1, -0.05) is 11.6 Å². The maximum Gasteiger partial charge on any atom is 0.303 e. The van der Waals surface area contributed by atoms with Crippen molar-refractivity contribution in [2.45, 2.75) is 33.6 Å². The quantitative estimate of drug-likeness (QED) is 0.852. The molecule has 0 saturated carbocycles. The molecule has 22 heavy (non-hydrogen) atoms. The van der Waals surface area contributed by atoms with Gasteiger partial charge in [0.25, 0.3) is 0 Å². The molecular weight excluding hydrogens is 303 g/mol. The summed E-state index contributed by atoms with van der Waals surface area (Å²) in [5.41, 5.74) is 4.90. The Morgan fingerprint density at radius 2 is 1.68 bits per heavy atom. The van der Waals surface area contributed by atoms with E-state index >= 15 is 0 Å². The molecule has 2 aromatic rings. The van der Waals surface area contributed by atoms with Gasteiger partial charge in [0.05, 0.1) is 0 Å². The predicted molar refractivity (Wildman–Crippen MR) is 87.0 cm³/mol. The monoisotopic (exact) mass is 320 g/mol. The van der Waals surface area contributed by atoms with E-state index in [1.54, 1.807) is 19.1 Å². The molecule has 0 radical (unpaired) electrons. The highest BCUT2D eigenvalue weighted by molar-refractivity contribution is 6.30. The summed E-state index contributed by atoms with van der Waals surface area (Å²) in [4.78, 5) is 10.7. The van der Waals surface area contributed by atoms with Gasteiger partial charge in [0.1, 0.15) is 5.82 Å². The third-order valence-corrected chi connectivity index (χ3v) is 3.94. The van der Waals surface area contributed by atoms with Crippen LogP contribution < -0.4 is 0 Å². The molecule has 0 atom stereocenters. The van der Waals surface area contributed by atoms with E-state index in [0.717, 1.165) is 22.3 Å². The lowest BCUT2D eigenvalue weighted by molar-refractivity contribution is -0.136. The third kappa shape index (κ3) is 3.47. The van der Waals surface area contributed by atoms with Crippen molar-refractivity contribution in [1.82, 2.24) is 0 Å². The van der Waals surface area contributed by atoms with Crippen LogP contribution in [0.15, 0.2) is 24.3 Å². The third-order valence-electron chi connectivity index (χ3n) is 3.72. The molecule has 2 aromatic carbocycles. The van der Waals surface area contributed by atoms with E-state index in [2.05, 4.69) is 0 Å². The maximum atomic E-state index is 14.2. The van der Waals surface area contributed by atoms with Gasteiger partial charge < -0.3 is 5.11 Å². The first-order valence-electron chi connectivity index (χ1n) is 7.07. The van der Waals surface area contributed by atoms with Crippen LogP contribution in [0.4, 0.5) is 4.39 Å². The summed E-state index contributed by atoms with van der Waals surface area (Å²) in [6.45, 7) is 5.62. The standard InChI is InChI=1S/C18H18ClFO2/c1-10-7-15(19)8-11(2)17(10)14-6-12(3)18(20)13(9-14)4-5-16(21)22/h6-9H,4-5H2,1-3H3,(H,21,22). The van der Waals surface area contributed by atoms with Crippen LogP contribution in [-0.4, -0.2) is 11.1 Å².